The first-order valence-corrected chi connectivity index (χ1v) is 13.5. The van der Waals surface area contributed by atoms with Gasteiger partial charge in [0.1, 0.15) is 0 Å². The zero-order chi connectivity index (χ0) is 23.7. The maximum atomic E-state index is 2.39. The Morgan fingerprint density at radius 1 is 0.382 bits per heavy atom. The molecule has 0 radical (unpaired) electrons. The lowest BCUT2D eigenvalue weighted by atomic mass is 9.98. The molecule has 2 heteroatoms. The lowest BCUT2D eigenvalue weighted by Crippen LogP contribution is -1.87. The smallest absolute Gasteiger partial charge is 0.0360 e. The molecule has 0 spiro atoms. The summed E-state index contributed by atoms with van der Waals surface area (Å²) in [4.78, 5) is 2.74. The van der Waals surface area contributed by atoms with Crippen LogP contribution < -0.4 is 0 Å². The van der Waals surface area contributed by atoms with Crippen LogP contribution in [-0.2, 0) is 0 Å². The molecule has 0 amide bonds. The Morgan fingerprint density at radius 3 is 1.09 bits per heavy atom. The molecule has 0 aliphatic carbocycles. The summed E-state index contributed by atoms with van der Waals surface area (Å²) < 4.78 is 2.73. The van der Waals surface area contributed by atoms with Crippen molar-refractivity contribution in [2.75, 3.05) is 0 Å². The van der Waals surface area contributed by atoms with Crippen LogP contribution in [0.15, 0.2) is 60.7 Å². The fourth-order valence-electron chi connectivity index (χ4n) is 5.71. The molecule has 6 rings (SSSR count). The number of aryl methyl sites for hydroxylation is 6. The van der Waals surface area contributed by atoms with Crippen LogP contribution in [0.2, 0.25) is 0 Å². The molecule has 0 N–H and O–H groups in total. The van der Waals surface area contributed by atoms with E-state index in [0.29, 0.717) is 0 Å². The van der Waals surface area contributed by atoms with Crippen LogP contribution in [0.1, 0.15) is 33.4 Å². The van der Waals surface area contributed by atoms with Crippen LogP contribution in [0, 0.1) is 41.5 Å². The molecule has 2 heterocycles. The van der Waals surface area contributed by atoms with Gasteiger partial charge < -0.3 is 0 Å². The van der Waals surface area contributed by atoms with E-state index < -0.39 is 0 Å². The second-order valence-electron chi connectivity index (χ2n) is 9.90. The summed E-state index contributed by atoms with van der Waals surface area (Å²) in [7, 11) is 0. The average Bonchev–Trinajstić information content (AvgIpc) is 3.31. The normalized spacial score (nSPS) is 11.8. The van der Waals surface area contributed by atoms with E-state index in [9.17, 15) is 0 Å². The van der Waals surface area contributed by atoms with Crippen molar-refractivity contribution in [1.29, 1.82) is 0 Å². The monoisotopic (exact) mass is 476 g/mol. The van der Waals surface area contributed by atoms with Crippen LogP contribution in [0.4, 0.5) is 0 Å². The molecular weight excluding hydrogens is 448 g/mol. The van der Waals surface area contributed by atoms with Crippen LogP contribution >= 0.6 is 22.7 Å². The molecule has 0 aliphatic heterocycles. The first-order valence-electron chi connectivity index (χ1n) is 11.8. The van der Waals surface area contributed by atoms with E-state index in [1.165, 1.54) is 85.2 Å². The van der Waals surface area contributed by atoms with Crippen molar-refractivity contribution >= 4 is 53.6 Å². The Balaban J connectivity index is 1.50. The fourth-order valence-corrected chi connectivity index (χ4v) is 8.24. The van der Waals surface area contributed by atoms with Crippen molar-refractivity contribution in [3.8, 4) is 20.9 Å². The van der Waals surface area contributed by atoms with E-state index in [2.05, 4.69) is 102 Å². The number of benzene rings is 4. The number of hydrogen-bond acceptors (Lipinski definition) is 2. The van der Waals surface area contributed by atoms with E-state index in [4.69, 9.17) is 0 Å². The van der Waals surface area contributed by atoms with Crippen molar-refractivity contribution in [2.45, 2.75) is 41.5 Å². The minimum absolute atomic E-state index is 1.33. The first-order chi connectivity index (χ1) is 16.3. The van der Waals surface area contributed by atoms with Crippen LogP contribution in [0.3, 0.4) is 0 Å². The molecule has 0 fully saturated rings. The van der Waals surface area contributed by atoms with Crippen LogP contribution in [-0.4, -0.2) is 0 Å². The van der Waals surface area contributed by atoms with E-state index in [-0.39, 0.29) is 0 Å². The zero-order valence-electron chi connectivity index (χ0n) is 20.6. The second-order valence-corrected chi connectivity index (χ2v) is 12.1. The summed E-state index contributed by atoms with van der Waals surface area (Å²) >= 11 is 3.83. The van der Waals surface area contributed by atoms with Gasteiger partial charge in [-0.1, -0.05) is 35.4 Å². The molecule has 0 unspecified atom stereocenters. The molecule has 0 saturated carbocycles. The van der Waals surface area contributed by atoms with Gasteiger partial charge in [0.15, 0.2) is 0 Å². The van der Waals surface area contributed by atoms with E-state index >= 15 is 0 Å². The third-order valence-corrected chi connectivity index (χ3v) is 9.19. The van der Waals surface area contributed by atoms with Gasteiger partial charge in [0.2, 0.25) is 0 Å². The molecule has 168 valence electrons. The zero-order valence-corrected chi connectivity index (χ0v) is 22.2. The number of fused-ring (bicyclic) bond motifs is 3. The quantitative estimate of drug-likeness (QED) is 0.233. The highest BCUT2D eigenvalue weighted by Gasteiger charge is 2.14. The van der Waals surface area contributed by atoms with Gasteiger partial charge in [-0.15, -0.1) is 22.7 Å². The van der Waals surface area contributed by atoms with E-state index in [0.717, 1.165) is 0 Å². The van der Waals surface area contributed by atoms with E-state index in [1.54, 1.807) is 0 Å². The predicted molar refractivity (Wildman–Crippen MR) is 154 cm³/mol. The van der Waals surface area contributed by atoms with Crippen LogP contribution in [0.25, 0.3) is 51.8 Å². The summed E-state index contributed by atoms with van der Waals surface area (Å²) in [5.41, 5.74) is 10.9. The summed E-state index contributed by atoms with van der Waals surface area (Å²) in [5.74, 6) is 0. The molecule has 34 heavy (non-hydrogen) atoms. The lowest BCUT2D eigenvalue weighted by molar-refractivity contribution is 1.33. The van der Waals surface area contributed by atoms with Gasteiger partial charge in [-0.3, -0.25) is 0 Å². The van der Waals surface area contributed by atoms with Crippen molar-refractivity contribution in [2.24, 2.45) is 0 Å². The molecule has 0 nitrogen and oxygen atoms in total. The van der Waals surface area contributed by atoms with Crippen molar-refractivity contribution in [3.05, 3.63) is 94.0 Å². The largest absolute Gasteiger partial charge is 0.135 e. The number of rotatable bonds is 2. The maximum Gasteiger partial charge on any atom is 0.0360 e. The number of hydrogen-bond donors (Lipinski definition) is 0. The highest BCUT2D eigenvalue weighted by molar-refractivity contribution is 7.22. The molecule has 4 aromatic carbocycles. The van der Waals surface area contributed by atoms with Gasteiger partial charge in [0.05, 0.1) is 0 Å². The van der Waals surface area contributed by atoms with Crippen molar-refractivity contribution in [3.63, 3.8) is 0 Å². The van der Waals surface area contributed by atoms with Crippen molar-refractivity contribution in [1.82, 2.24) is 0 Å². The Labute approximate surface area is 209 Å². The van der Waals surface area contributed by atoms with Gasteiger partial charge in [-0.25, -0.2) is 0 Å². The topological polar surface area (TPSA) is 0 Å². The highest BCUT2D eigenvalue weighted by atomic mass is 32.1. The Hall–Kier alpha value is -2.94. The summed E-state index contributed by atoms with van der Waals surface area (Å²) in [6, 6.07) is 23.5. The highest BCUT2D eigenvalue weighted by Crippen LogP contribution is 2.42. The summed E-state index contributed by atoms with van der Waals surface area (Å²) in [5, 5.41) is 5.33. The van der Waals surface area contributed by atoms with Crippen molar-refractivity contribution < 1.29 is 0 Å². The second kappa shape index (κ2) is 7.80. The van der Waals surface area contributed by atoms with Gasteiger partial charge in [-0.05, 0) is 133 Å². The van der Waals surface area contributed by atoms with Gasteiger partial charge in [-0.2, -0.15) is 0 Å². The molecule has 0 bridgehead atoms. The standard InChI is InChI=1S/C32H28S2/c1-17-7-19(3)31(20(4)8-17)29-15-25-11-23-14-28-26(12-24(23)13-27(25)33-29)16-30(34-28)32-21(5)9-18(2)10-22(32)6/h7-16H,1-6H3. The molecule has 6 aromatic rings. The maximum absolute atomic E-state index is 2.39. The lowest BCUT2D eigenvalue weighted by Gasteiger charge is -2.09. The van der Waals surface area contributed by atoms with Gasteiger partial charge in [0, 0.05) is 19.2 Å². The Bertz CT molecular complexity index is 1510. The first kappa shape index (κ1) is 21.6. The van der Waals surface area contributed by atoms with E-state index in [1.807, 2.05) is 22.7 Å². The third-order valence-electron chi connectivity index (χ3n) is 6.96. The fraction of sp³-hybridized carbons (Fsp3) is 0.188. The molecule has 0 atom stereocenters. The summed E-state index contributed by atoms with van der Waals surface area (Å²) in [6.45, 7) is 13.3. The Kier molecular flexibility index (Phi) is 4.95. The number of thiophene rings is 2. The minimum Gasteiger partial charge on any atom is -0.135 e. The molecule has 0 saturated heterocycles. The molecular formula is C32H28S2. The molecule has 2 aromatic heterocycles. The summed E-state index contributed by atoms with van der Waals surface area (Å²) in [6.07, 6.45) is 0. The SMILES string of the molecule is Cc1cc(C)c(-c2cc3cc4cc5sc(-c6c(C)cc(C)cc6C)cc5cc4cc3s2)c(C)c1. The van der Waals surface area contributed by atoms with Crippen LogP contribution in [0.5, 0.6) is 0 Å². The predicted octanol–water partition coefficient (Wildman–Crippen LogP) is 10.5. The average molecular weight is 477 g/mol. The molecule has 0 aliphatic rings. The Morgan fingerprint density at radius 2 is 0.735 bits per heavy atom. The van der Waals surface area contributed by atoms with Gasteiger partial charge in [0.25, 0.3) is 0 Å². The van der Waals surface area contributed by atoms with Gasteiger partial charge >= 0.3 is 0 Å². The minimum atomic E-state index is 1.33. The third kappa shape index (κ3) is 3.48.